The van der Waals surface area contributed by atoms with Crippen LogP contribution in [0.2, 0.25) is 0 Å². The Balaban J connectivity index is 0.000000640. The fourth-order valence-electron chi connectivity index (χ4n) is 0.657. The Morgan fingerprint density at radius 1 is 1.33 bits per heavy atom. The Hall–Kier alpha value is -0.183. The smallest absolute Gasteiger partial charge is 0.184 e. The minimum absolute atomic E-state index is 0. The van der Waals surface area contributed by atoms with E-state index in [0.717, 1.165) is 6.42 Å². The van der Waals surface area contributed by atoms with E-state index in [2.05, 4.69) is 25.1 Å². The van der Waals surface area contributed by atoms with Crippen molar-refractivity contribution >= 4 is 0 Å². The predicted molar refractivity (Wildman–Crippen MR) is 34.7 cm³/mol. The van der Waals surface area contributed by atoms with Crippen LogP contribution in [0.4, 0.5) is 0 Å². The largest absolute Gasteiger partial charge is 1.00 e. The van der Waals surface area contributed by atoms with Gasteiger partial charge in [-0.15, -0.1) is 0 Å². The molecule has 0 aliphatic heterocycles. The molecule has 0 amide bonds. The molecule has 0 fully saturated rings. The molecule has 0 saturated heterocycles. The molecule has 9 heavy (non-hydrogen) atoms. The summed E-state index contributed by atoms with van der Waals surface area (Å²) in [4.78, 5) is 0. The fourth-order valence-corrected chi connectivity index (χ4v) is 0.657. The molecule has 0 heterocycles. The molecule has 0 saturated carbocycles. The van der Waals surface area contributed by atoms with Gasteiger partial charge in [-0.25, -0.2) is 0 Å². The van der Waals surface area contributed by atoms with E-state index >= 15 is 0 Å². The number of hydrogen-bond donors (Lipinski definition) is 0. The Morgan fingerprint density at radius 2 is 1.89 bits per heavy atom. The van der Waals surface area contributed by atoms with E-state index in [9.17, 15) is 0 Å². The van der Waals surface area contributed by atoms with Gasteiger partial charge in [0, 0.05) is 0 Å². The summed E-state index contributed by atoms with van der Waals surface area (Å²) in [7, 11) is 0. The van der Waals surface area contributed by atoms with Crippen molar-refractivity contribution in [2.45, 2.75) is 13.3 Å². The van der Waals surface area contributed by atoms with E-state index in [1.165, 1.54) is 5.56 Å². The van der Waals surface area contributed by atoms with Gasteiger partial charge in [-0.2, -0.15) is 35.9 Å². The Kier molecular flexibility index (Phi) is 4.58. The van der Waals surface area contributed by atoms with Gasteiger partial charge in [-0.1, -0.05) is 13.3 Å². The summed E-state index contributed by atoms with van der Waals surface area (Å²) >= 11 is 0. The molecule has 0 nitrogen and oxygen atoms in total. The SMILES string of the molecule is CCc1cc[c-]cc1.[Li+]. The van der Waals surface area contributed by atoms with Gasteiger partial charge in [-0.3, -0.25) is 0 Å². The second-order valence-electron chi connectivity index (χ2n) is 1.76. The first-order valence-electron chi connectivity index (χ1n) is 2.88. The molecule has 0 unspecified atom stereocenters. The Labute approximate surface area is 68.5 Å². The van der Waals surface area contributed by atoms with Crippen molar-refractivity contribution in [1.29, 1.82) is 0 Å². The molecule has 0 N–H and O–H groups in total. The first kappa shape index (κ1) is 8.82. The van der Waals surface area contributed by atoms with Gasteiger partial charge in [0.05, 0.1) is 0 Å². The summed E-state index contributed by atoms with van der Waals surface area (Å²) in [6, 6.07) is 11.0. The molecule has 0 atom stereocenters. The number of rotatable bonds is 1. The van der Waals surface area contributed by atoms with Gasteiger partial charge in [0.25, 0.3) is 0 Å². The predicted octanol–water partition coefficient (Wildman–Crippen LogP) is -0.947. The Bertz CT molecular complexity index is 146. The second-order valence-corrected chi connectivity index (χ2v) is 1.76. The van der Waals surface area contributed by atoms with E-state index in [4.69, 9.17) is 0 Å². The molecule has 0 radical (unpaired) electrons. The molecule has 42 valence electrons. The summed E-state index contributed by atoms with van der Waals surface area (Å²) in [5.74, 6) is 0. The maximum atomic E-state index is 2.97. The maximum absolute atomic E-state index is 2.97. The van der Waals surface area contributed by atoms with Crippen LogP contribution in [0.1, 0.15) is 12.5 Å². The first-order chi connectivity index (χ1) is 3.93. The van der Waals surface area contributed by atoms with Gasteiger partial charge in [0.2, 0.25) is 0 Å². The molecule has 0 aliphatic rings. The summed E-state index contributed by atoms with van der Waals surface area (Å²) in [5.41, 5.74) is 1.38. The third kappa shape index (κ3) is 2.74. The number of hydrogen-bond acceptors (Lipinski definition) is 0. The van der Waals surface area contributed by atoms with E-state index in [0.29, 0.717) is 0 Å². The molecular formula is C8H9Li. The minimum atomic E-state index is 0. The summed E-state index contributed by atoms with van der Waals surface area (Å²) in [6.45, 7) is 2.15. The van der Waals surface area contributed by atoms with E-state index in [1.807, 2.05) is 12.1 Å². The van der Waals surface area contributed by atoms with Crippen molar-refractivity contribution in [1.82, 2.24) is 0 Å². The third-order valence-electron chi connectivity index (χ3n) is 1.20. The Morgan fingerprint density at radius 3 is 2.22 bits per heavy atom. The van der Waals surface area contributed by atoms with E-state index in [-0.39, 0.29) is 18.9 Å². The number of aryl methyl sites for hydroxylation is 1. The van der Waals surface area contributed by atoms with Crippen LogP contribution >= 0.6 is 0 Å². The number of benzene rings is 1. The van der Waals surface area contributed by atoms with Crippen LogP contribution in [-0.2, 0) is 6.42 Å². The van der Waals surface area contributed by atoms with Gasteiger partial charge in [0.1, 0.15) is 0 Å². The molecule has 0 aromatic heterocycles. The van der Waals surface area contributed by atoms with Gasteiger partial charge < -0.3 is 0 Å². The zero-order valence-corrected chi connectivity index (χ0v) is 6.02. The van der Waals surface area contributed by atoms with Gasteiger partial charge >= 0.3 is 18.9 Å². The molecule has 0 aliphatic carbocycles. The molecule has 1 rings (SSSR count). The average molecular weight is 112 g/mol. The summed E-state index contributed by atoms with van der Waals surface area (Å²) in [5, 5.41) is 0. The quantitative estimate of drug-likeness (QED) is 0.324. The van der Waals surface area contributed by atoms with Crippen molar-refractivity contribution in [2.24, 2.45) is 0 Å². The van der Waals surface area contributed by atoms with Crippen LogP contribution in [0, 0.1) is 6.07 Å². The third-order valence-corrected chi connectivity index (χ3v) is 1.20. The normalized spacial score (nSPS) is 8.11. The van der Waals surface area contributed by atoms with Crippen LogP contribution in [0.15, 0.2) is 24.3 Å². The van der Waals surface area contributed by atoms with E-state index < -0.39 is 0 Å². The molecule has 1 aromatic carbocycles. The molecule has 0 bridgehead atoms. The molecular weight excluding hydrogens is 103 g/mol. The average Bonchev–Trinajstić information content (AvgIpc) is 1.90. The van der Waals surface area contributed by atoms with Crippen LogP contribution in [0.3, 0.4) is 0 Å². The van der Waals surface area contributed by atoms with Crippen LogP contribution in [-0.4, -0.2) is 0 Å². The zero-order chi connectivity index (χ0) is 5.82. The van der Waals surface area contributed by atoms with Gasteiger partial charge in [-0.05, 0) is 0 Å². The fraction of sp³-hybridized carbons (Fsp3) is 0.250. The van der Waals surface area contributed by atoms with Crippen molar-refractivity contribution < 1.29 is 18.9 Å². The van der Waals surface area contributed by atoms with Crippen molar-refractivity contribution in [3.63, 3.8) is 0 Å². The molecule has 1 heteroatoms. The first-order valence-corrected chi connectivity index (χ1v) is 2.88. The van der Waals surface area contributed by atoms with Crippen LogP contribution < -0.4 is 18.9 Å². The van der Waals surface area contributed by atoms with Crippen molar-refractivity contribution in [2.75, 3.05) is 0 Å². The van der Waals surface area contributed by atoms with Crippen molar-refractivity contribution in [3.05, 3.63) is 35.9 Å². The van der Waals surface area contributed by atoms with E-state index in [1.54, 1.807) is 0 Å². The summed E-state index contributed by atoms with van der Waals surface area (Å²) < 4.78 is 0. The topological polar surface area (TPSA) is 0 Å². The monoisotopic (exact) mass is 112 g/mol. The minimum Gasteiger partial charge on any atom is -0.184 e. The second kappa shape index (κ2) is 4.67. The van der Waals surface area contributed by atoms with Crippen LogP contribution in [0.5, 0.6) is 0 Å². The summed E-state index contributed by atoms with van der Waals surface area (Å²) in [6.07, 6.45) is 1.12. The molecule has 0 spiro atoms. The standard InChI is InChI=1S/C8H9.Li/c1-2-8-6-4-3-5-7-8;/h4-7H,2H2,1H3;/q-1;+1. The van der Waals surface area contributed by atoms with Crippen molar-refractivity contribution in [3.8, 4) is 0 Å². The zero-order valence-electron chi connectivity index (χ0n) is 6.02. The maximum Gasteiger partial charge on any atom is 1.00 e. The van der Waals surface area contributed by atoms with Crippen LogP contribution in [0.25, 0.3) is 0 Å². The molecule has 1 aromatic rings. The van der Waals surface area contributed by atoms with Gasteiger partial charge in [0.15, 0.2) is 0 Å².